The molecule has 2 rings (SSSR count). The number of sulfonamides is 1. The lowest BCUT2D eigenvalue weighted by atomic mass is 10.4. The Morgan fingerprint density at radius 3 is 2.62 bits per heavy atom. The van der Waals surface area contributed by atoms with Crippen LogP contribution in [0.25, 0.3) is 0 Å². The second-order valence-corrected chi connectivity index (χ2v) is 7.67. The zero-order valence-corrected chi connectivity index (χ0v) is 11.1. The lowest BCUT2D eigenvalue weighted by Gasteiger charge is -2.16. The second-order valence-electron chi connectivity index (χ2n) is 4.35. The van der Waals surface area contributed by atoms with Crippen molar-refractivity contribution in [2.45, 2.75) is 24.0 Å². The van der Waals surface area contributed by atoms with E-state index >= 15 is 0 Å². The smallest absolute Gasteiger partial charge is 0.252 e. The Bertz CT molecular complexity index is 489. The monoisotopic (exact) mass is 260 g/mol. The lowest BCUT2D eigenvalue weighted by molar-refractivity contribution is 0.454. The molecule has 1 aromatic heterocycles. The first-order valence-electron chi connectivity index (χ1n) is 5.23. The maximum absolute atomic E-state index is 12.2. The summed E-state index contributed by atoms with van der Waals surface area (Å²) < 4.78 is 26.3. The van der Waals surface area contributed by atoms with Gasteiger partial charge in [-0.1, -0.05) is 0 Å². The first kappa shape index (κ1) is 11.9. The Labute approximate surface area is 100 Å². The number of nitrogen functional groups attached to an aromatic ring is 1. The highest BCUT2D eigenvalue weighted by atomic mass is 32.2. The summed E-state index contributed by atoms with van der Waals surface area (Å²) in [6, 6.07) is 1.71. The van der Waals surface area contributed by atoms with Gasteiger partial charge >= 0.3 is 0 Å². The van der Waals surface area contributed by atoms with E-state index in [9.17, 15) is 8.42 Å². The van der Waals surface area contributed by atoms with E-state index in [-0.39, 0.29) is 0 Å². The summed E-state index contributed by atoms with van der Waals surface area (Å²) in [5, 5.41) is 0.552. The summed E-state index contributed by atoms with van der Waals surface area (Å²) in [6.07, 6.45) is 2.29. The first-order chi connectivity index (χ1) is 7.41. The Hall–Kier alpha value is -0.590. The molecule has 6 heteroatoms. The topological polar surface area (TPSA) is 63.4 Å². The molecule has 0 atom stereocenters. The molecule has 0 saturated heterocycles. The van der Waals surface area contributed by atoms with Gasteiger partial charge in [0.2, 0.25) is 0 Å². The van der Waals surface area contributed by atoms with Gasteiger partial charge in [0.25, 0.3) is 10.0 Å². The van der Waals surface area contributed by atoms with Crippen LogP contribution in [0, 0.1) is 12.8 Å². The number of hydrogen-bond acceptors (Lipinski definition) is 4. The largest absolute Gasteiger partial charge is 0.391 e. The van der Waals surface area contributed by atoms with Crippen LogP contribution in [0.5, 0.6) is 0 Å². The second kappa shape index (κ2) is 4.01. The summed E-state index contributed by atoms with van der Waals surface area (Å²) in [6.45, 7) is 2.41. The minimum atomic E-state index is -3.33. The van der Waals surface area contributed by atoms with E-state index in [0.29, 0.717) is 21.7 Å². The van der Waals surface area contributed by atoms with Gasteiger partial charge in [0.15, 0.2) is 0 Å². The molecule has 1 aromatic rings. The lowest BCUT2D eigenvalue weighted by Crippen LogP contribution is -2.28. The van der Waals surface area contributed by atoms with E-state index in [1.54, 1.807) is 20.0 Å². The van der Waals surface area contributed by atoms with E-state index in [1.165, 1.54) is 4.31 Å². The van der Waals surface area contributed by atoms with Gasteiger partial charge < -0.3 is 5.73 Å². The van der Waals surface area contributed by atoms with Crippen molar-refractivity contribution in [2.75, 3.05) is 19.3 Å². The molecule has 0 aliphatic heterocycles. The molecule has 1 heterocycles. The first-order valence-corrected chi connectivity index (χ1v) is 7.49. The molecule has 1 aliphatic rings. The average molecular weight is 260 g/mol. The van der Waals surface area contributed by atoms with Crippen LogP contribution in [0.2, 0.25) is 0 Å². The number of thiophene rings is 1. The SMILES string of the molecule is Cc1cc(N)sc1S(=O)(=O)N(C)CC1CC1. The summed E-state index contributed by atoms with van der Waals surface area (Å²) >= 11 is 1.15. The Morgan fingerprint density at radius 1 is 1.56 bits per heavy atom. The van der Waals surface area contributed by atoms with E-state index in [4.69, 9.17) is 5.73 Å². The van der Waals surface area contributed by atoms with Crippen LogP contribution < -0.4 is 5.73 Å². The van der Waals surface area contributed by atoms with Crippen molar-refractivity contribution in [2.24, 2.45) is 5.92 Å². The molecule has 90 valence electrons. The van der Waals surface area contributed by atoms with Crippen LogP contribution in [-0.4, -0.2) is 26.3 Å². The van der Waals surface area contributed by atoms with Crippen LogP contribution in [0.4, 0.5) is 5.00 Å². The van der Waals surface area contributed by atoms with Crippen molar-refractivity contribution in [3.8, 4) is 0 Å². The predicted molar refractivity (Wildman–Crippen MR) is 66.0 cm³/mol. The molecular formula is C10H16N2O2S2. The van der Waals surface area contributed by atoms with Crippen LogP contribution in [-0.2, 0) is 10.0 Å². The quantitative estimate of drug-likeness (QED) is 0.895. The van der Waals surface area contributed by atoms with Crippen molar-refractivity contribution in [1.29, 1.82) is 0 Å². The molecule has 0 radical (unpaired) electrons. The standard InChI is InChI=1S/C10H16N2O2S2/c1-7-5-9(11)15-10(7)16(13,14)12(2)6-8-3-4-8/h5,8H,3-4,6,11H2,1-2H3. The molecule has 1 saturated carbocycles. The molecule has 2 N–H and O–H groups in total. The third-order valence-electron chi connectivity index (χ3n) is 2.75. The average Bonchev–Trinajstić information content (AvgIpc) is 2.91. The molecular weight excluding hydrogens is 244 g/mol. The van der Waals surface area contributed by atoms with Crippen molar-refractivity contribution >= 4 is 26.4 Å². The summed E-state index contributed by atoms with van der Waals surface area (Å²) in [7, 11) is -1.69. The van der Waals surface area contributed by atoms with Crippen LogP contribution in [0.15, 0.2) is 10.3 Å². The molecule has 0 spiro atoms. The highest BCUT2D eigenvalue weighted by molar-refractivity contribution is 7.91. The van der Waals surface area contributed by atoms with Gasteiger partial charge in [0, 0.05) is 13.6 Å². The fourth-order valence-corrected chi connectivity index (χ4v) is 4.57. The summed E-state index contributed by atoms with van der Waals surface area (Å²) in [5.41, 5.74) is 6.37. The highest BCUT2D eigenvalue weighted by Crippen LogP contribution is 2.34. The number of hydrogen-bond donors (Lipinski definition) is 1. The zero-order chi connectivity index (χ0) is 11.9. The number of nitrogens with two attached hydrogens (primary N) is 1. The minimum absolute atomic E-state index is 0.383. The van der Waals surface area contributed by atoms with Gasteiger partial charge in [-0.2, -0.15) is 4.31 Å². The van der Waals surface area contributed by atoms with Crippen molar-refractivity contribution in [1.82, 2.24) is 4.31 Å². The summed E-state index contributed by atoms with van der Waals surface area (Å²) in [4.78, 5) is 0. The zero-order valence-electron chi connectivity index (χ0n) is 9.43. The maximum Gasteiger partial charge on any atom is 0.252 e. The van der Waals surface area contributed by atoms with Gasteiger partial charge in [0.1, 0.15) is 4.21 Å². The van der Waals surface area contributed by atoms with Gasteiger partial charge in [-0.25, -0.2) is 8.42 Å². The van der Waals surface area contributed by atoms with E-state index < -0.39 is 10.0 Å². The predicted octanol–water partition coefficient (Wildman–Crippen LogP) is 1.67. The molecule has 1 aliphatic carbocycles. The third-order valence-corrected chi connectivity index (χ3v) is 6.25. The molecule has 0 amide bonds. The molecule has 0 aromatic carbocycles. The minimum Gasteiger partial charge on any atom is -0.391 e. The molecule has 1 fully saturated rings. The Balaban J connectivity index is 2.26. The van der Waals surface area contributed by atoms with Crippen molar-refractivity contribution < 1.29 is 8.42 Å². The number of nitrogens with zero attached hydrogens (tertiary/aromatic N) is 1. The number of anilines is 1. The fourth-order valence-electron chi connectivity index (χ4n) is 1.65. The van der Waals surface area contributed by atoms with Crippen LogP contribution in [0.1, 0.15) is 18.4 Å². The molecule has 16 heavy (non-hydrogen) atoms. The van der Waals surface area contributed by atoms with E-state index in [1.807, 2.05) is 0 Å². The highest BCUT2D eigenvalue weighted by Gasteiger charge is 2.30. The fraction of sp³-hybridized carbons (Fsp3) is 0.600. The molecule has 0 bridgehead atoms. The summed E-state index contributed by atoms with van der Waals surface area (Å²) in [5.74, 6) is 0.553. The third kappa shape index (κ3) is 2.23. The van der Waals surface area contributed by atoms with Gasteiger partial charge in [-0.05, 0) is 37.3 Å². The number of aryl methyl sites for hydroxylation is 1. The maximum atomic E-state index is 12.2. The normalized spacial score (nSPS) is 16.9. The van der Waals surface area contributed by atoms with E-state index in [2.05, 4.69) is 0 Å². The van der Waals surface area contributed by atoms with Gasteiger partial charge in [0.05, 0.1) is 5.00 Å². The molecule has 4 nitrogen and oxygen atoms in total. The number of rotatable bonds is 4. The van der Waals surface area contributed by atoms with Crippen LogP contribution >= 0.6 is 11.3 Å². The van der Waals surface area contributed by atoms with Crippen molar-refractivity contribution in [3.63, 3.8) is 0 Å². The van der Waals surface area contributed by atoms with Gasteiger partial charge in [-0.15, -0.1) is 11.3 Å². The van der Waals surface area contributed by atoms with E-state index in [0.717, 1.165) is 29.7 Å². The van der Waals surface area contributed by atoms with Crippen molar-refractivity contribution in [3.05, 3.63) is 11.6 Å². The van der Waals surface area contributed by atoms with Gasteiger partial charge in [-0.3, -0.25) is 0 Å². The molecule has 0 unspecified atom stereocenters. The Morgan fingerprint density at radius 2 is 2.19 bits per heavy atom. The Kier molecular flexibility index (Phi) is 2.98. The van der Waals surface area contributed by atoms with Crippen LogP contribution in [0.3, 0.4) is 0 Å².